The summed E-state index contributed by atoms with van der Waals surface area (Å²) in [5.74, 6) is 0.0386. The van der Waals surface area contributed by atoms with E-state index in [0.717, 1.165) is 16.5 Å². The molecule has 2 aromatic rings. The van der Waals surface area contributed by atoms with Crippen molar-refractivity contribution >= 4 is 32.4 Å². The van der Waals surface area contributed by atoms with Gasteiger partial charge < -0.3 is 4.90 Å². The Kier molecular flexibility index (Phi) is 5.60. The average molecular weight is 375 g/mol. The minimum atomic E-state index is -3.15. The molecule has 3 rings (SSSR count). The SMILES string of the molecule is CCN(C(=O)CN1CCN(S(C)(=O)=O)CC1)c1cccc2ccccc12. The standard InChI is InChI=1S/C19H25N3O3S/c1-3-22(18-10-6-8-16-7-4-5-9-17(16)18)19(23)15-20-11-13-21(14-12-20)26(2,24)25/h4-10H,3,11-15H2,1-2H3. The molecule has 0 saturated carbocycles. The highest BCUT2D eigenvalue weighted by Crippen LogP contribution is 2.26. The first kappa shape index (κ1) is 18.8. The second-order valence-corrected chi connectivity index (χ2v) is 8.56. The zero-order chi connectivity index (χ0) is 18.7. The number of benzene rings is 2. The number of sulfonamides is 1. The Labute approximate surface area is 155 Å². The van der Waals surface area contributed by atoms with Crippen molar-refractivity contribution in [3.05, 3.63) is 42.5 Å². The summed E-state index contributed by atoms with van der Waals surface area (Å²) in [6, 6.07) is 14.0. The summed E-state index contributed by atoms with van der Waals surface area (Å²) in [5.41, 5.74) is 0.922. The van der Waals surface area contributed by atoms with Crippen LogP contribution in [0.25, 0.3) is 10.8 Å². The highest BCUT2D eigenvalue weighted by atomic mass is 32.2. The van der Waals surface area contributed by atoms with Gasteiger partial charge in [0.25, 0.3) is 0 Å². The van der Waals surface area contributed by atoms with Gasteiger partial charge >= 0.3 is 0 Å². The maximum atomic E-state index is 12.9. The van der Waals surface area contributed by atoms with Gasteiger partial charge in [-0.25, -0.2) is 8.42 Å². The van der Waals surface area contributed by atoms with Crippen molar-refractivity contribution in [2.75, 3.05) is 50.4 Å². The molecule has 6 nitrogen and oxygen atoms in total. The first-order valence-electron chi connectivity index (χ1n) is 8.85. The lowest BCUT2D eigenvalue weighted by molar-refractivity contribution is -0.119. The summed E-state index contributed by atoms with van der Waals surface area (Å²) in [4.78, 5) is 16.8. The van der Waals surface area contributed by atoms with Crippen molar-refractivity contribution in [3.63, 3.8) is 0 Å². The lowest BCUT2D eigenvalue weighted by Gasteiger charge is -2.34. The molecule has 0 unspecified atom stereocenters. The van der Waals surface area contributed by atoms with E-state index in [2.05, 4.69) is 0 Å². The number of anilines is 1. The average Bonchev–Trinajstić information content (AvgIpc) is 2.62. The molecule has 7 heteroatoms. The number of rotatable bonds is 5. The molecular formula is C19H25N3O3S. The highest BCUT2D eigenvalue weighted by molar-refractivity contribution is 7.88. The van der Waals surface area contributed by atoms with Gasteiger partial charge in [-0.2, -0.15) is 4.31 Å². The fourth-order valence-electron chi connectivity index (χ4n) is 3.42. The summed E-state index contributed by atoms with van der Waals surface area (Å²) in [6.45, 7) is 4.89. The Bertz CT molecular complexity index is 885. The van der Waals surface area contributed by atoms with E-state index in [1.54, 1.807) is 0 Å². The zero-order valence-corrected chi connectivity index (χ0v) is 16.1. The molecule has 1 fully saturated rings. The largest absolute Gasteiger partial charge is 0.311 e. The van der Waals surface area contributed by atoms with Crippen molar-refractivity contribution in [1.82, 2.24) is 9.21 Å². The molecule has 1 aliphatic rings. The van der Waals surface area contributed by atoms with E-state index in [4.69, 9.17) is 0 Å². The fraction of sp³-hybridized carbons (Fsp3) is 0.421. The molecular weight excluding hydrogens is 350 g/mol. The Morgan fingerprint density at radius 3 is 2.35 bits per heavy atom. The number of fused-ring (bicyclic) bond motifs is 1. The molecule has 1 aliphatic heterocycles. The van der Waals surface area contributed by atoms with E-state index in [1.807, 2.05) is 59.2 Å². The van der Waals surface area contributed by atoms with E-state index < -0.39 is 10.0 Å². The Balaban J connectivity index is 1.72. The smallest absolute Gasteiger partial charge is 0.241 e. The number of nitrogens with zero attached hydrogens (tertiary/aromatic N) is 3. The number of carbonyl (C=O) groups is 1. The Morgan fingerprint density at radius 1 is 1.04 bits per heavy atom. The van der Waals surface area contributed by atoms with Crippen LogP contribution < -0.4 is 4.90 Å². The molecule has 0 spiro atoms. The predicted octanol–water partition coefficient (Wildman–Crippen LogP) is 1.77. The van der Waals surface area contributed by atoms with E-state index in [1.165, 1.54) is 10.6 Å². The second kappa shape index (κ2) is 7.73. The molecule has 2 aromatic carbocycles. The van der Waals surface area contributed by atoms with Gasteiger partial charge in [-0.15, -0.1) is 0 Å². The van der Waals surface area contributed by atoms with Crippen LogP contribution in [0.4, 0.5) is 5.69 Å². The van der Waals surface area contributed by atoms with Crippen LogP contribution in [-0.4, -0.2) is 69.1 Å². The minimum Gasteiger partial charge on any atom is -0.311 e. The maximum Gasteiger partial charge on any atom is 0.241 e. The Morgan fingerprint density at radius 2 is 1.69 bits per heavy atom. The van der Waals surface area contributed by atoms with Crippen LogP contribution in [0.15, 0.2) is 42.5 Å². The van der Waals surface area contributed by atoms with Gasteiger partial charge in [0.05, 0.1) is 18.5 Å². The molecule has 1 saturated heterocycles. The minimum absolute atomic E-state index is 0.0386. The quantitative estimate of drug-likeness (QED) is 0.799. The van der Waals surface area contributed by atoms with Crippen LogP contribution in [0.1, 0.15) is 6.92 Å². The first-order chi connectivity index (χ1) is 12.4. The topological polar surface area (TPSA) is 60.9 Å². The van der Waals surface area contributed by atoms with Crippen molar-refractivity contribution in [2.45, 2.75) is 6.92 Å². The molecule has 1 heterocycles. The Hall–Kier alpha value is -1.96. The lowest BCUT2D eigenvalue weighted by Crippen LogP contribution is -2.51. The summed E-state index contributed by atoms with van der Waals surface area (Å²) in [5, 5.41) is 2.17. The second-order valence-electron chi connectivity index (χ2n) is 6.57. The first-order valence-corrected chi connectivity index (χ1v) is 10.7. The van der Waals surface area contributed by atoms with E-state index in [9.17, 15) is 13.2 Å². The summed E-state index contributed by atoms with van der Waals surface area (Å²) in [6.07, 6.45) is 1.23. The van der Waals surface area contributed by atoms with Gasteiger partial charge in [-0.05, 0) is 18.4 Å². The third-order valence-corrected chi connectivity index (χ3v) is 6.14. The highest BCUT2D eigenvalue weighted by Gasteiger charge is 2.26. The van der Waals surface area contributed by atoms with Crippen LogP contribution in [0, 0.1) is 0 Å². The van der Waals surface area contributed by atoms with Gasteiger partial charge in [0.1, 0.15) is 0 Å². The normalized spacial score (nSPS) is 16.7. The summed E-state index contributed by atoms with van der Waals surface area (Å²) < 4.78 is 24.7. The lowest BCUT2D eigenvalue weighted by atomic mass is 10.1. The third-order valence-electron chi connectivity index (χ3n) is 4.83. The number of carbonyl (C=O) groups excluding carboxylic acids is 1. The van der Waals surface area contributed by atoms with Crippen molar-refractivity contribution < 1.29 is 13.2 Å². The van der Waals surface area contributed by atoms with E-state index >= 15 is 0 Å². The zero-order valence-electron chi connectivity index (χ0n) is 15.3. The van der Waals surface area contributed by atoms with E-state index in [-0.39, 0.29) is 5.91 Å². The van der Waals surface area contributed by atoms with Gasteiger partial charge in [-0.1, -0.05) is 36.4 Å². The molecule has 0 bridgehead atoms. The van der Waals surface area contributed by atoms with Crippen molar-refractivity contribution in [2.24, 2.45) is 0 Å². The molecule has 26 heavy (non-hydrogen) atoms. The van der Waals surface area contributed by atoms with Crippen molar-refractivity contribution in [3.8, 4) is 0 Å². The number of piperazine rings is 1. The molecule has 140 valence electrons. The van der Waals surface area contributed by atoms with Gasteiger partial charge in [0.2, 0.25) is 15.9 Å². The van der Waals surface area contributed by atoms with E-state index in [0.29, 0.717) is 39.3 Å². The van der Waals surface area contributed by atoms with Crippen LogP contribution in [0.3, 0.4) is 0 Å². The van der Waals surface area contributed by atoms with Gasteiger partial charge in [0.15, 0.2) is 0 Å². The maximum absolute atomic E-state index is 12.9. The number of amides is 1. The van der Waals surface area contributed by atoms with Gasteiger partial charge in [0, 0.05) is 38.1 Å². The number of hydrogen-bond donors (Lipinski definition) is 0. The van der Waals surface area contributed by atoms with Crippen LogP contribution >= 0.6 is 0 Å². The predicted molar refractivity (Wildman–Crippen MR) is 105 cm³/mol. The van der Waals surface area contributed by atoms with Crippen molar-refractivity contribution in [1.29, 1.82) is 0 Å². The summed E-state index contributed by atoms with van der Waals surface area (Å²) >= 11 is 0. The van der Waals surface area contributed by atoms with Crippen LogP contribution in [0.5, 0.6) is 0 Å². The number of likely N-dealkylation sites (N-methyl/N-ethyl adjacent to an activating group) is 1. The molecule has 1 amide bonds. The molecule has 0 N–H and O–H groups in total. The fourth-order valence-corrected chi connectivity index (χ4v) is 4.25. The molecule has 0 aliphatic carbocycles. The monoisotopic (exact) mass is 375 g/mol. The molecule has 0 radical (unpaired) electrons. The summed E-state index contributed by atoms with van der Waals surface area (Å²) in [7, 11) is -3.15. The molecule has 0 atom stereocenters. The number of hydrogen-bond acceptors (Lipinski definition) is 4. The molecule has 0 aromatic heterocycles. The van der Waals surface area contributed by atoms with Crippen LogP contribution in [-0.2, 0) is 14.8 Å². The van der Waals surface area contributed by atoms with Crippen LogP contribution in [0.2, 0.25) is 0 Å². The third kappa shape index (κ3) is 4.06. The van der Waals surface area contributed by atoms with Gasteiger partial charge in [-0.3, -0.25) is 9.69 Å².